The van der Waals surface area contributed by atoms with Gasteiger partial charge in [0.2, 0.25) is 0 Å². The van der Waals surface area contributed by atoms with Crippen LogP contribution >= 0.6 is 11.3 Å². The summed E-state index contributed by atoms with van der Waals surface area (Å²) in [4.78, 5) is 4.33. The zero-order valence-corrected chi connectivity index (χ0v) is 11.6. The van der Waals surface area contributed by atoms with Crippen LogP contribution < -0.4 is 9.47 Å². The monoisotopic (exact) mass is 265 g/mol. The molecule has 0 amide bonds. The zero-order valence-electron chi connectivity index (χ0n) is 10.8. The summed E-state index contributed by atoms with van der Waals surface area (Å²) in [5.74, 6) is 1.50. The summed E-state index contributed by atoms with van der Waals surface area (Å²) in [6.45, 7) is 3.71. The molecular weight excluding hydrogens is 250 g/mol. The van der Waals surface area contributed by atoms with Crippen LogP contribution in [0.15, 0.2) is 12.1 Å². The van der Waals surface area contributed by atoms with Crippen molar-refractivity contribution in [2.45, 2.75) is 13.8 Å². The van der Waals surface area contributed by atoms with Crippen LogP contribution in [0.25, 0.3) is 10.6 Å². The van der Waals surface area contributed by atoms with Gasteiger partial charge in [-0.25, -0.2) is 4.98 Å². The lowest BCUT2D eigenvalue weighted by Gasteiger charge is -2.12. The first-order chi connectivity index (χ1) is 8.58. The number of thiazole rings is 1. The standard InChI is InChI=1S/C13H15NO3S/c1-7-10(16-3)6-5-9(11(7)17-4)12-14-8(2)13(15)18-12/h5-6,15H,1-4H3. The van der Waals surface area contributed by atoms with E-state index in [1.54, 1.807) is 21.1 Å². The van der Waals surface area contributed by atoms with E-state index in [4.69, 9.17) is 9.47 Å². The van der Waals surface area contributed by atoms with Crippen LogP contribution in [-0.2, 0) is 0 Å². The SMILES string of the molecule is COc1ccc(-c2nc(C)c(O)s2)c(OC)c1C. The fraction of sp³-hybridized carbons (Fsp3) is 0.308. The molecule has 5 heteroatoms. The summed E-state index contributed by atoms with van der Waals surface area (Å²) in [5.41, 5.74) is 2.42. The molecule has 2 rings (SSSR count). The molecule has 0 aliphatic heterocycles. The molecule has 1 N–H and O–H groups in total. The van der Waals surface area contributed by atoms with Crippen LogP contribution in [0, 0.1) is 13.8 Å². The van der Waals surface area contributed by atoms with Crippen molar-refractivity contribution in [3.63, 3.8) is 0 Å². The average Bonchev–Trinajstić information content (AvgIpc) is 2.69. The predicted octanol–water partition coefficient (Wildman–Crippen LogP) is 3.15. The fourth-order valence-electron chi connectivity index (χ4n) is 1.83. The molecule has 0 aliphatic rings. The molecule has 0 bridgehead atoms. The molecule has 0 unspecified atom stereocenters. The third-order valence-corrected chi connectivity index (χ3v) is 3.78. The molecule has 0 saturated carbocycles. The molecule has 4 nitrogen and oxygen atoms in total. The van der Waals surface area contributed by atoms with Gasteiger partial charge in [0.25, 0.3) is 0 Å². The van der Waals surface area contributed by atoms with Gasteiger partial charge in [0.05, 0.1) is 25.5 Å². The van der Waals surface area contributed by atoms with Crippen LogP contribution in [0.4, 0.5) is 0 Å². The molecule has 1 aromatic carbocycles. The van der Waals surface area contributed by atoms with E-state index >= 15 is 0 Å². The van der Waals surface area contributed by atoms with Gasteiger partial charge in [-0.15, -0.1) is 0 Å². The zero-order chi connectivity index (χ0) is 13.3. The van der Waals surface area contributed by atoms with Gasteiger partial charge in [-0.3, -0.25) is 0 Å². The lowest BCUT2D eigenvalue weighted by Crippen LogP contribution is -1.95. The van der Waals surface area contributed by atoms with E-state index in [1.807, 2.05) is 19.1 Å². The van der Waals surface area contributed by atoms with Crippen molar-refractivity contribution in [1.82, 2.24) is 4.98 Å². The summed E-state index contributed by atoms with van der Waals surface area (Å²) in [7, 11) is 3.24. The maximum absolute atomic E-state index is 9.63. The summed E-state index contributed by atoms with van der Waals surface area (Å²) < 4.78 is 10.7. The molecule has 0 fully saturated rings. The second-order valence-corrected chi connectivity index (χ2v) is 4.86. The Morgan fingerprint density at radius 3 is 2.39 bits per heavy atom. The Bertz CT molecular complexity index is 558. The van der Waals surface area contributed by atoms with E-state index in [0.717, 1.165) is 27.6 Å². The van der Waals surface area contributed by atoms with E-state index in [0.29, 0.717) is 5.69 Å². The van der Waals surface area contributed by atoms with Crippen LogP contribution in [0.2, 0.25) is 0 Å². The second kappa shape index (κ2) is 4.86. The largest absolute Gasteiger partial charge is 0.498 e. The van der Waals surface area contributed by atoms with Crippen molar-refractivity contribution in [2.75, 3.05) is 14.2 Å². The first kappa shape index (κ1) is 12.7. The number of nitrogens with zero attached hydrogens (tertiary/aromatic N) is 1. The highest BCUT2D eigenvalue weighted by atomic mass is 32.1. The lowest BCUT2D eigenvalue weighted by molar-refractivity contribution is 0.390. The lowest BCUT2D eigenvalue weighted by atomic mass is 10.1. The first-order valence-corrected chi connectivity index (χ1v) is 6.28. The molecule has 96 valence electrons. The topological polar surface area (TPSA) is 51.6 Å². The Morgan fingerprint density at radius 1 is 1.17 bits per heavy atom. The van der Waals surface area contributed by atoms with Gasteiger partial charge in [-0.1, -0.05) is 11.3 Å². The molecule has 0 atom stereocenters. The number of benzene rings is 1. The number of aromatic nitrogens is 1. The molecule has 18 heavy (non-hydrogen) atoms. The number of hydrogen-bond acceptors (Lipinski definition) is 5. The van der Waals surface area contributed by atoms with Gasteiger partial charge in [0, 0.05) is 5.56 Å². The van der Waals surface area contributed by atoms with Crippen molar-refractivity contribution in [2.24, 2.45) is 0 Å². The Labute approximate surface area is 110 Å². The normalized spacial score (nSPS) is 10.4. The number of methoxy groups -OCH3 is 2. The van der Waals surface area contributed by atoms with Crippen molar-refractivity contribution < 1.29 is 14.6 Å². The second-order valence-electron chi connectivity index (χ2n) is 3.88. The Hall–Kier alpha value is -1.75. The van der Waals surface area contributed by atoms with Crippen LogP contribution in [-0.4, -0.2) is 24.3 Å². The quantitative estimate of drug-likeness (QED) is 0.926. The molecule has 0 radical (unpaired) electrons. The molecule has 0 spiro atoms. The highest BCUT2D eigenvalue weighted by molar-refractivity contribution is 7.16. The van der Waals surface area contributed by atoms with Gasteiger partial charge in [-0.05, 0) is 26.0 Å². The van der Waals surface area contributed by atoms with Crippen LogP contribution in [0.3, 0.4) is 0 Å². The third-order valence-electron chi connectivity index (χ3n) is 2.78. The maximum atomic E-state index is 9.63. The first-order valence-electron chi connectivity index (χ1n) is 5.46. The van der Waals surface area contributed by atoms with Gasteiger partial charge in [0.1, 0.15) is 16.5 Å². The highest BCUT2D eigenvalue weighted by Crippen LogP contribution is 2.41. The summed E-state index contributed by atoms with van der Waals surface area (Å²) in [5, 5.41) is 10.6. The van der Waals surface area contributed by atoms with Crippen LogP contribution in [0.5, 0.6) is 16.6 Å². The van der Waals surface area contributed by atoms with Crippen molar-refractivity contribution in [3.05, 3.63) is 23.4 Å². The predicted molar refractivity (Wildman–Crippen MR) is 71.8 cm³/mol. The molecule has 1 heterocycles. The minimum Gasteiger partial charge on any atom is -0.498 e. The highest BCUT2D eigenvalue weighted by Gasteiger charge is 2.16. The maximum Gasteiger partial charge on any atom is 0.195 e. The van der Waals surface area contributed by atoms with Crippen molar-refractivity contribution in [3.8, 4) is 27.1 Å². The smallest absolute Gasteiger partial charge is 0.195 e. The van der Waals surface area contributed by atoms with E-state index in [2.05, 4.69) is 4.98 Å². The van der Waals surface area contributed by atoms with Gasteiger partial charge in [0.15, 0.2) is 5.06 Å². The molecule has 2 aromatic rings. The minimum absolute atomic E-state index is 0.237. The number of ether oxygens (including phenoxy) is 2. The van der Waals surface area contributed by atoms with E-state index in [9.17, 15) is 5.11 Å². The number of hydrogen-bond donors (Lipinski definition) is 1. The number of aromatic hydroxyl groups is 1. The number of aryl methyl sites for hydroxylation is 1. The minimum atomic E-state index is 0.237. The van der Waals surface area contributed by atoms with Gasteiger partial charge >= 0.3 is 0 Å². The van der Waals surface area contributed by atoms with E-state index in [-0.39, 0.29) is 5.06 Å². The fourth-order valence-corrected chi connectivity index (χ4v) is 2.66. The van der Waals surface area contributed by atoms with Crippen molar-refractivity contribution in [1.29, 1.82) is 0 Å². The number of rotatable bonds is 3. The van der Waals surface area contributed by atoms with E-state index in [1.165, 1.54) is 11.3 Å². The average molecular weight is 265 g/mol. The summed E-state index contributed by atoms with van der Waals surface area (Å²) in [6.07, 6.45) is 0. The van der Waals surface area contributed by atoms with Crippen molar-refractivity contribution >= 4 is 11.3 Å². The molecular formula is C13H15NO3S. The Morgan fingerprint density at radius 2 is 1.89 bits per heavy atom. The van der Waals surface area contributed by atoms with E-state index < -0.39 is 0 Å². The molecule has 0 aliphatic carbocycles. The van der Waals surface area contributed by atoms with Crippen LogP contribution in [0.1, 0.15) is 11.3 Å². The molecule has 1 aromatic heterocycles. The Kier molecular flexibility index (Phi) is 3.43. The van der Waals surface area contributed by atoms with Gasteiger partial charge < -0.3 is 14.6 Å². The summed E-state index contributed by atoms with van der Waals surface area (Å²) in [6, 6.07) is 3.77. The third kappa shape index (κ3) is 2.01. The molecule has 0 saturated heterocycles. The Balaban J connectivity index is 2.61. The summed E-state index contributed by atoms with van der Waals surface area (Å²) >= 11 is 1.24. The van der Waals surface area contributed by atoms with Gasteiger partial charge in [-0.2, -0.15) is 0 Å².